The van der Waals surface area contributed by atoms with Gasteiger partial charge in [0.15, 0.2) is 0 Å². The maximum atomic E-state index is 13.5. The van der Waals surface area contributed by atoms with Gasteiger partial charge < -0.3 is 97.4 Å². The number of aliphatic hydroxyl groups excluding tert-OH is 8. The number of carboxylic acid groups (broad SMARTS) is 4. The van der Waals surface area contributed by atoms with E-state index in [1.54, 1.807) is 36.9 Å². The number of halogens is 4. The second kappa shape index (κ2) is 62.5. The number of rotatable bonds is 40. The number of hydrogen-bond acceptors (Lipinski definition) is 38. The van der Waals surface area contributed by atoms with E-state index in [2.05, 4.69) is 59.8 Å². The van der Waals surface area contributed by atoms with Crippen molar-refractivity contribution in [1.29, 1.82) is 0 Å². The minimum Gasteiger partial charge on any atom is -0.550 e. The summed E-state index contributed by atoms with van der Waals surface area (Å²) in [6, 6.07) is 25.3. The molecular weight excluding hydrogens is 2090 g/mol. The first-order valence-electron chi connectivity index (χ1n) is 44.4. The molecule has 10 rings (SSSR count). The van der Waals surface area contributed by atoms with E-state index in [1.165, 1.54) is 174 Å². The van der Waals surface area contributed by atoms with E-state index in [0.29, 0.717) is 102 Å². The van der Waals surface area contributed by atoms with Crippen LogP contribution in [0.25, 0.3) is 69.3 Å². The smallest absolute Gasteiger partial charge is 0.550 e. The van der Waals surface area contributed by atoms with Crippen LogP contribution in [-0.2, 0) is 59.3 Å². The van der Waals surface area contributed by atoms with Gasteiger partial charge >= 0.3 is 75.5 Å². The molecule has 0 aliphatic rings. The second-order valence-corrected chi connectivity index (χ2v) is 42.1. The summed E-state index contributed by atoms with van der Waals surface area (Å²) in [6.45, 7) is 14.8. The number of nitrogens with zero attached hydrogens (tertiary/aromatic N) is 16. The molecule has 53 heteroatoms. The molecule has 0 bridgehead atoms. The molecule has 0 spiro atoms. The van der Waals surface area contributed by atoms with Crippen LogP contribution in [0.5, 0.6) is 0 Å². The van der Waals surface area contributed by atoms with Crippen molar-refractivity contribution >= 4 is 199 Å². The van der Waals surface area contributed by atoms with E-state index >= 15 is 0 Å². The van der Waals surface area contributed by atoms with Gasteiger partial charge in [0.25, 0.3) is 0 Å². The molecule has 10 aromatic rings. The van der Waals surface area contributed by atoms with Crippen molar-refractivity contribution in [2.75, 3.05) is 81.9 Å². The number of sulfonamides is 4. The Bertz CT molecular complexity index is 5890. The van der Waals surface area contributed by atoms with Crippen LogP contribution in [0, 0.1) is 23.3 Å². The van der Waals surface area contributed by atoms with E-state index in [9.17, 15) is 132 Å². The Morgan fingerprint density at radius 1 is 0.322 bits per heavy atom. The summed E-state index contributed by atoms with van der Waals surface area (Å²) in [6.07, 6.45) is 8.71. The number of aromatic nitrogens is 12. The topological polar surface area (TPSA) is 710 Å². The predicted octanol–water partition coefficient (Wildman–Crippen LogP) is 2.80. The number of aliphatic carboxylic acids is 4. The molecule has 0 radical (unpaired) electrons. The van der Waals surface area contributed by atoms with Gasteiger partial charge in [0.2, 0.25) is 75.8 Å². The van der Waals surface area contributed by atoms with E-state index in [4.69, 9.17) is 11.5 Å². The summed E-state index contributed by atoms with van der Waals surface area (Å²) in [4.78, 5) is 92.3. The molecule has 4 aromatic carbocycles. The zero-order valence-electron chi connectivity index (χ0n) is 84.4. The summed E-state index contributed by atoms with van der Waals surface area (Å²) >= 11 is 0. The second-order valence-electron chi connectivity index (χ2n) is 34.0. The number of carbonyl (C=O) groups excluding carboxylic acids is 4. The first kappa shape index (κ1) is 134. The molecule has 14 N–H and O–H groups in total. The quantitative estimate of drug-likeness (QED) is 0.0195. The fraction of sp³-hybridized carbons (Fsp3) is 0.375. The molecule has 0 fully saturated rings. The van der Waals surface area contributed by atoms with Crippen molar-refractivity contribution in [3.63, 3.8) is 0 Å². The fourth-order valence-corrected chi connectivity index (χ4v) is 14.3. The van der Waals surface area contributed by atoms with Crippen LogP contribution in [0.3, 0.4) is 0 Å². The zero-order chi connectivity index (χ0) is 110. The molecule has 0 amide bonds. The largest absolute Gasteiger partial charge is 2.00 e. The van der Waals surface area contributed by atoms with Crippen LogP contribution in [0.4, 0.5) is 53.3 Å². The number of benzene rings is 4. The van der Waals surface area contributed by atoms with Crippen molar-refractivity contribution in [3.05, 3.63) is 227 Å². The van der Waals surface area contributed by atoms with Gasteiger partial charge in [0.05, 0.1) is 119 Å². The molecule has 0 aliphatic carbocycles. The third-order valence-corrected chi connectivity index (χ3v) is 25.0. The van der Waals surface area contributed by atoms with Gasteiger partial charge in [-0.15, -0.1) is 0 Å². The first-order valence-corrected chi connectivity index (χ1v) is 51.8. The van der Waals surface area contributed by atoms with Gasteiger partial charge in [0, 0.05) is 173 Å². The van der Waals surface area contributed by atoms with Gasteiger partial charge in [-0.05, 0) is 133 Å². The van der Waals surface area contributed by atoms with E-state index < -0.39 is 162 Å². The summed E-state index contributed by atoms with van der Waals surface area (Å²) in [7, 11) is -9.34. The van der Waals surface area contributed by atoms with E-state index in [0.717, 1.165) is 42.2 Å². The minimum atomic E-state index is -3.66. The van der Waals surface area contributed by atoms with Crippen LogP contribution < -0.4 is 49.1 Å². The monoisotopic (exact) mass is 2210 g/mol. The summed E-state index contributed by atoms with van der Waals surface area (Å²) in [5, 5.41) is 122. The molecule has 800 valence electrons. The van der Waals surface area contributed by atoms with Crippen molar-refractivity contribution in [2.45, 2.75) is 179 Å². The van der Waals surface area contributed by atoms with Crippen LogP contribution >= 0.6 is 0 Å². The molecule has 6 aromatic heterocycles. The zero-order valence-corrected chi connectivity index (χ0v) is 92.1. The number of carboxylic acids is 4. The maximum absolute atomic E-state index is 13.5. The van der Waals surface area contributed by atoms with Crippen LogP contribution in [0.1, 0.15) is 175 Å². The summed E-state index contributed by atoms with van der Waals surface area (Å²) in [5.74, 6) is -7.91. The molecule has 0 unspecified atom stereocenters. The van der Waals surface area contributed by atoms with Crippen LogP contribution in [0.2, 0.25) is 0 Å². The summed E-state index contributed by atoms with van der Waals surface area (Å²) in [5.41, 5.74) is 17.3. The van der Waals surface area contributed by atoms with Crippen LogP contribution in [-0.4, -0.2) is 341 Å². The third-order valence-electron chi connectivity index (χ3n) is 20.4. The fourth-order valence-electron chi connectivity index (χ4n) is 12.8. The van der Waals surface area contributed by atoms with Gasteiger partial charge in [-0.1, -0.05) is 104 Å². The minimum absolute atomic E-state index is 0. The average Bonchev–Trinajstić information content (AvgIpc) is 0.791. The van der Waals surface area contributed by atoms with E-state index in [-0.39, 0.29) is 154 Å². The summed E-state index contributed by atoms with van der Waals surface area (Å²) < 4.78 is 154. The Kier molecular flexibility index (Phi) is 56.1. The maximum Gasteiger partial charge on any atom is 2.00 e. The molecule has 0 saturated heterocycles. The van der Waals surface area contributed by atoms with E-state index in [1.807, 2.05) is 55.4 Å². The predicted molar refractivity (Wildman–Crippen MR) is 548 cm³/mol. The van der Waals surface area contributed by atoms with Crippen molar-refractivity contribution in [2.24, 2.45) is 0 Å². The number of aliphatic hydroxyl groups is 8. The first-order chi connectivity index (χ1) is 67.9. The number of hydrogen-bond donors (Lipinski definition) is 10. The molecule has 0 aliphatic heterocycles. The SMILES string of the molecule is CC(C)c1nc(N(C)S(C)(=O)=O)nc(-c2ccc(F)cc2)c1C=C[C@@H](O)C[C@@H](O)CC(=O)[O-].CC(C)c1nc(N(C)S(C)(=O)=O)nc(-c2ccc(F)cc2)c1C=C[C@@H](O)C[C@@H](O)CC(=O)[O-].CC(C)c1nc(N(C)S(C)(=O)=O)nc(-c2ccc(F)cc2)c1C=C[C@@H](O)C[C@@H](O)CC(=O)[O-].CC(C)c1nc(N(C)S(C)(=O)=O)nc(-c2ccc(F)cc2)c1C=C[C@@H](O)C[C@@H](O)CC(=O)[O-].Nc1ncccn1.Nc1ncccn1.O.[Ca+2].[Ca+2]. The molecule has 149 heavy (non-hydrogen) atoms. The Hall–Kier alpha value is -11.3. The normalized spacial score (nSPS) is 13.2. The Balaban J connectivity index is 0.000000636. The molecule has 0 saturated carbocycles. The van der Waals surface area contributed by atoms with Gasteiger partial charge in [-0.2, -0.15) is 0 Å². The Labute approximate surface area is 921 Å². The van der Waals surface area contributed by atoms with Gasteiger partial charge in [-0.25, -0.2) is 128 Å². The molecule has 6 heterocycles. The Morgan fingerprint density at radius 2 is 0.483 bits per heavy atom. The number of anilines is 6. The van der Waals surface area contributed by atoms with Crippen molar-refractivity contribution in [1.82, 2.24) is 59.8 Å². The van der Waals surface area contributed by atoms with Crippen LogP contribution in [0.15, 0.2) is 158 Å². The van der Waals surface area contributed by atoms with Crippen molar-refractivity contribution < 1.29 is 137 Å². The number of carbonyl (C=O) groups is 4. The Morgan fingerprint density at radius 3 is 0.611 bits per heavy atom. The number of nitrogens with two attached hydrogens (primary N) is 2. The third kappa shape index (κ3) is 45.8. The number of nitrogen functional groups attached to an aromatic ring is 2. The van der Waals surface area contributed by atoms with Gasteiger partial charge in [-0.3, -0.25) is 0 Å². The molecular formula is C96H120Ca2F4N18O25S4. The van der Waals surface area contributed by atoms with Crippen molar-refractivity contribution in [3.8, 4) is 45.0 Å². The standard InChI is InChI=1S/4C22H28FN3O6S.2C4H5N3.2Ca.H2O/c4*1-13(2)20-18(10-9-16(27)11-17(28)12-19(29)30)21(14-5-7-15(23)8-6-14)25-22(24-20)26(3)33(4,31)32;2*5-4-6-2-1-3-7-4;;;/h4*5-10,13,16-17,27-28H,11-12H2,1-4H3,(H,29,30);2*1-3H,(H2,5,6,7);;;1H2/q;;;;;;2*+2;/p-4/t4*16-,17-;;;;;/m1111...../s1. The molecule has 43 nitrogen and oxygen atoms in total. The average molecular weight is 2210 g/mol. The van der Waals surface area contributed by atoms with Gasteiger partial charge in [0.1, 0.15) is 23.3 Å². The molecule has 8 atom stereocenters.